The van der Waals surface area contributed by atoms with Crippen molar-refractivity contribution in [1.29, 1.82) is 0 Å². The van der Waals surface area contributed by atoms with Gasteiger partial charge in [-0.15, -0.1) is 0 Å². The molecule has 2 aromatic rings. The minimum atomic E-state index is -0.581. The maximum absolute atomic E-state index is 9.98. The van der Waals surface area contributed by atoms with Gasteiger partial charge in [0.1, 0.15) is 30.5 Å². The number of benzene rings is 2. The molecule has 1 saturated heterocycles. The average Bonchev–Trinajstić information content (AvgIpc) is 3.09. The van der Waals surface area contributed by atoms with Crippen LogP contribution in [-0.2, 0) is 47.9 Å². The van der Waals surface area contributed by atoms with E-state index >= 15 is 0 Å². The second-order valence-electron chi connectivity index (χ2n) is 13.4. The van der Waals surface area contributed by atoms with Crippen LogP contribution in [0.25, 0.3) is 0 Å². The van der Waals surface area contributed by atoms with Gasteiger partial charge in [-0.1, -0.05) is 102 Å². The van der Waals surface area contributed by atoms with Gasteiger partial charge in [-0.05, 0) is 79.3 Å². The van der Waals surface area contributed by atoms with Crippen LogP contribution >= 0.6 is 11.6 Å². The van der Waals surface area contributed by atoms with Crippen LogP contribution in [0.4, 0.5) is 0 Å². The van der Waals surface area contributed by atoms with Crippen molar-refractivity contribution in [1.82, 2.24) is 0 Å². The molecule has 278 valence electrons. The largest absolute Gasteiger partial charge is 0.391 e. The summed E-state index contributed by atoms with van der Waals surface area (Å²) in [5.41, 5.74) is 5.38. The van der Waals surface area contributed by atoms with Crippen molar-refractivity contribution < 1.29 is 33.5 Å². The van der Waals surface area contributed by atoms with E-state index in [0.29, 0.717) is 44.5 Å². The molecule has 1 aliphatic heterocycles. The highest BCUT2D eigenvalue weighted by Gasteiger charge is 2.49. The van der Waals surface area contributed by atoms with Crippen molar-refractivity contribution >= 4 is 11.6 Å². The number of aliphatic hydroxyl groups is 1. The molecule has 7 nitrogen and oxygen atoms in total. The predicted octanol–water partition coefficient (Wildman–Crippen LogP) is 9.20. The fourth-order valence-corrected chi connectivity index (χ4v) is 6.32. The second kappa shape index (κ2) is 23.8. The highest BCUT2D eigenvalue weighted by molar-refractivity contribution is 6.31. The molecular formula is C41H65ClO7. The van der Waals surface area contributed by atoms with Crippen LogP contribution in [0.3, 0.4) is 0 Å². The molecule has 6 atom stereocenters. The smallest absolute Gasteiger partial charge is 0.117 e. The maximum atomic E-state index is 9.98. The number of aliphatic hydroxyl groups excluding tert-OH is 1. The SMILES string of the molecule is CCCCOC[C@H]1O[C@@H](c2cc(Cc3ccc(CC)cc3)c(Cl)cc2COCC(C)O)[C@H](OCCCC)[C@@H](OCCCC)[C@@H]1OCCCC. The van der Waals surface area contributed by atoms with Crippen LogP contribution in [-0.4, -0.2) is 75.3 Å². The summed E-state index contributed by atoms with van der Waals surface area (Å²) in [5, 5.41) is 10.7. The molecule has 0 aliphatic carbocycles. The summed E-state index contributed by atoms with van der Waals surface area (Å²) in [6.07, 6.45) is 7.12. The van der Waals surface area contributed by atoms with Crippen molar-refractivity contribution in [2.75, 3.05) is 39.6 Å². The predicted molar refractivity (Wildman–Crippen MR) is 199 cm³/mol. The molecule has 1 N–H and O–H groups in total. The monoisotopic (exact) mass is 704 g/mol. The van der Waals surface area contributed by atoms with E-state index in [1.54, 1.807) is 6.92 Å². The first kappa shape index (κ1) is 41.9. The molecule has 0 aromatic heterocycles. The topological polar surface area (TPSA) is 75.6 Å². The lowest BCUT2D eigenvalue weighted by atomic mass is 9.87. The van der Waals surface area contributed by atoms with Crippen LogP contribution in [0.5, 0.6) is 0 Å². The third-order valence-corrected chi connectivity index (χ3v) is 9.39. The quantitative estimate of drug-likeness (QED) is 0.103. The van der Waals surface area contributed by atoms with Gasteiger partial charge >= 0.3 is 0 Å². The zero-order valence-corrected chi connectivity index (χ0v) is 32.0. The summed E-state index contributed by atoms with van der Waals surface area (Å²) in [5.74, 6) is 0. The molecule has 1 aliphatic rings. The average molecular weight is 705 g/mol. The first-order valence-electron chi connectivity index (χ1n) is 19.1. The van der Waals surface area contributed by atoms with E-state index in [-0.39, 0.29) is 31.5 Å². The number of unbranched alkanes of at least 4 members (excludes halogenated alkanes) is 4. The molecule has 0 spiro atoms. The standard InChI is InChI=1S/C41H65ClO7/c1-7-12-20-44-29-37-39(46-21-13-8-2)41(48-23-15-10-4)40(47-22-14-9-3)38(49-37)35-25-33(24-32-18-16-31(11-5)17-19-32)36(42)26-34(35)28-45-27-30(6)43/h16-19,25-26,30,37-41,43H,7-15,20-24,27-29H2,1-6H3/t30?,37-,38+,39-,40+,41+/m1/s1. The molecule has 0 radical (unpaired) electrons. The first-order valence-corrected chi connectivity index (χ1v) is 19.5. The van der Waals surface area contributed by atoms with Gasteiger partial charge in [0.15, 0.2) is 0 Å². The molecule has 3 rings (SSSR count). The third-order valence-electron chi connectivity index (χ3n) is 9.04. The van der Waals surface area contributed by atoms with Gasteiger partial charge in [0.05, 0.1) is 25.9 Å². The van der Waals surface area contributed by atoms with E-state index in [1.165, 1.54) is 11.1 Å². The van der Waals surface area contributed by atoms with Crippen LogP contribution in [0.1, 0.15) is 127 Å². The molecule has 1 heterocycles. The zero-order valence-electron chi connectivity index (χ0n) is 31.2. The Morgan fingerprint density at radius 1 is 0.714 bits per heavy atom. The fourth-order valence-electron chi connectivity index (χ4n) is 6.07. The van der Waals surface area contributed by atoms with Crippen molar-refractivity contribution in [3.8, 4) is 0 Å². The molecule has 49 heavy (non-hydrogen) atoms. The Bertz CT molecular complexity index is 1160. The maximum Gasteiger partial charge on any atom is 0.117 e. The van der Waals surface area contributed by atoms with E-state index in [9.17, 15) is 5.11 Å². The third kappa shape index (κ3) is 13.8. The Hall–Kier alpha value is -1.55. The summed E-state index contributed by atoms with van der Waals surface area (Å²) >= 11 is 7.02. The molecule has 1 fully saturated rings. The van der Waals surface area contributed by atoms with Gasteiger partial charge in [0.2, 0.25) is 0 Å². The molecule has 0 amide bonds. The highest BCUT2D eigenvalue weighted by Crippen LogP contribution is 2.41. The Morgan fingerprint density at radius 3 is 1.88 bits per heavy atom. The Morgan fingerprint density at radius 2 is 1.29 bits per heavy atom. The summed E-state index contributed by atoms with van der Waals surface area (Å²) < 4.78 is 39.5. The van der Waals surface area contributed by atoms with Gasteiger partial charge in [0, 0.05) is 31.5 Å². The van der Waals surface area contributed by atoms with Gasteiger partial charge in [-0.3, -0.25) is 0 Å². The van der Waals surface area contributed by atoms with E-state index in [2.05, 4.69) is 65.0 Å². The van der Waals surface area contributed by atoms with Gasteiger partial charge in [-0.2, -0.15) is 0 Å². The summed E-state index contributed by atoms with van der Waals surface area (Å²) in [6, 6.07) is 12.9. The normalized spacial score (nSPS) is 21.7. The minimum Gasteiger partial charge on any atom is -0.391 e. The van der Waals surface area contributed by atoms with Crippen molar-refractivity contribution in [3.63, 3.8) is 0 Å². The number of hydrogen-bond acceptors (Lipinski definition) is 7. The number of aryl methyl sites for hydroxylation is 1. The number of halogens is 1. The van der Waals surface area contributed by atoms with Crippen LogP contribution in [0.15, 0.2) is 36.4 Å². The number of ether oxygens (including phenoxy) is 6. The van der Waals surface area contributed by atoms with Crippen LogP contribution in [0, 0.1) is 0 Å². The highest BCUT2D eigenvalue weighted by atomic mass is 35.5. The van der Waals surface area contributed by atoms with E-state index < -0.39 is 18.3 Å². The molecule has 0 saturated carbocycles. The minimum absolute atomic E-state index is 0.217. The van der Waals surface area contributed by atoms with Gasteiger partial charge in [-0.25, -0.2) is 0 Å². The van der Waals surface area contributed by atoms with Gasteiger partial charge < -0.3 is 33.5 Å². The molecule has 2 aromatic carbocycles. The lowest BCUT2D eigenvalue weighted by Crippen LogP contribution is -2.58. The lowest BCUT2D eigenvalue weighted by molar-refractivity contribution is -0.268. The Labute approximate surface area is 302 Å². The molecule has 0 bridgehead atoms. The first-order chi connectivity index (χ1) is 23.9. The Balaban J connectivity index is 2.13. The lowest BCUT2D eigenvalue weighted by Gasteiger charge is -2.47. The van der Waals surface area contributed by atoms with Crippen LogP contribution in [0.2, 0.25) is 5.02 Å². The van der Waals surface area contributed by atoms with Crippen molar-refractivity contribution in [2.45, 2.75) is 149 Å². The number of hydrogen-bond donors (Lipinski definition) is 1. The fraction of sp³-hybridized carbons (Fsp3) is 0.707. The molecule has 1 unspecified atom stereocenters. The molecule has 8 heteroatoms. The van der Waals surface area contributed by atoms with Gasteiger partial charge in [0.25, 0.3) is 0 Å². The van der Waals surface area contributed by atoms with Crippen LogP contribution < -0.4 is 0 Å². The summed E-state index contributed by atoms with van der Waals surface area (Å²) in [6.45, 7) is 16.0. The summed E-state index contributed by atoms with van der Waals surface area (Å²) in [7, 11) is 0. The van der Waals surface area contributed by atoms with Crippen molar-refractivity contribution in [3.05, 3.63) is 69.2 Å². The van der Waals surface area contributed by atoms with E-state index in [0.717, 1.165) is 74.5 Å². The van der Waals surface area contributed by atoms with Crippen molar-refractivity contribution in [2.24, 2.45) is 0 Å². The van der Waals surface area contributed by atoms with E-state index in [4.69, 9.17) is 40.0 Å². The second-order valence-corrected chi connectivity index (χ2v) is 13.9. The van der Waals surface area contributed by atoms with E-state index in [1.807, 2.05) is 6.07 Å². The number of rotatable bonds is 25. The summed E-state index contributed by atoms with van der Waals surface area (Å²) in [4.78, 5) is 0. The zero-order chi connectivity index (χ0) is 35.4. The Kier molecular flexibility index (Phi) is 20.4. The molecular weight excluding hydrogens is 640 g/mol.